The van der Waals surface area contributed by atoms with Crippen LogP contribution in [-0.2, 0) is 6.54 Å². The molecule has 4 rings (SSSR count). The Balaban J connectivity index is 1.44. The average molecular weight is 279 g/mol. The number of hydrogen-bond acceptors (Lipinski definition) is 2. The molecule has 1 aromatic carbocycles. The second-order valence-electron chi connectivity index (χ2n) is 6.28. The molecule has 2 aliphatic carbocycles. The van der Waals surface area contributed by atoms with Gasteiger partial charge in [0.05, 0.1) is 6.54 Å². The zero-order valence-corrected chi connectivity index (χ0v) is 12.2. The first kappa shape index (κ1) is 12.7. The maximum Gasteiger partial charge on any atom is 0.0679 e. The van der Waals surface area contributed by atoms with Gasteiger partial charge in [0.15, 0.2) is 0 Å². The van der Waals surface area contributed by atoms with Crippen LogP contribution < -0.4 is 5.32 Å². The first-order valence-corrected chi connectivity index (χ1v) is 7.86. The monoisotopic (exact) mass is 279 g/mol. The lowest BCUT2D eigenvalue weighted by molar-refractivity contribution is 0.471. The van der Waals surface area contributed by atoms with Gasteiger partial charge in [0, 0.05) is 24.6 Å². The topological polar surface area (TPSA) is 29.9 Å². The van der Waals surface area contributed by atoms with Gasteiger partial charge in [-0.2, -0.15) is 5.10 Å². The van der Waals surface area contributed by atoms with Gasteiger partial charge < -0.3 is 5.32 Å². The van der Waals surface area contributed by atoms with Crippen LogP contribution in [0.4, 0.5) is 5.69 Å². The second kappa shape index (κ2) is 5.40. The summed E-state index contributed by atoms with van der Waals surface area (Å²) in [5.41, 5.74) is 2.56. The molecule has 2 bridgehead atoms. The molecule has 1 N–H and O–H groups in total. The predicted octanol–water partition coefficient (Wildman–Crippen LogP) is 3.56. The van der Waals surface area contributed by atoms with Crippen molar-refractivity contribution < 1.29 is 0 Å². The molecule has 0 radical (unpaired) electrons. The van der Waals surface area contributed by atoms with Crippen LogP contribution in [0, 0.1) is 17.8 Å². The number of anilines is 1. The van der Waals surface area contributed by atoms with E-state index in [4.69, 9.17) is 0 Å². The van der Waals surface area contributed by atoms with Gasteiger partial charge in [-0.25, -0.2) is 0 Å². The van der Waals surface area contributed by atoms with Crippen LogP contribution in [0.3, 0.4) is 0 Å². The van der Waals surface area contributed by atoms with Crippen LogP contribution in [-0.4, -0.2) is 16.3 Å². The molecule has 3 atom stereocenters. The van der Waals surface area contributed by atoms with Crippen molar-refractivity contribution in [2.24, 2.45) is 17.8 Å². The third-order valence-electron chi connectivity index (χ3n) is 4.88. The first-order chi connectivity index (χ1) is 10.4. The molecule has 1 heterocycles. The molecule has 0 amide bonds. The Morgan fingerprint density at radius 1 is 1.14 bits per heavy atom. The number of para-hydroxylation sites is 1. The maximum absolute atomic E-state index is 4.30. The summed E-state index contributed by atoms with van der Waals surface area (Å²) in [6.07, 6.45) is 11.4. The van der Waals surface area contributed by atoms with E-state index in [1.807, 2.05) is 23.1 Å². The first-order valence-electron chi connectivity index (χ1n) is 7.86. The summed E-state index contributed by atoms with van der Waals surface area (Å²) >= 11 is 0. The summed E-state index contributed by atoms with van der Waals surface area (Å²) in [4.78, 5) is 0. The number of rotatable bonds is 5. The zero-order valence-electron chi connectivity index (χ0n) is 12.2. The van der Waals surface area contributed by atoms with Gasteiger partial charge in [0.25, 0.3) is 0 Å². The van der Waals surface area contributed by atoms with Crippen LogP contribution >= 0.6 is 0 Å². The molecule has 0 saturated heterocycles. The van der Waals surface area contributed by atoms with Gasteiger partial charge in [-0.3, -0.25) is 4.68 Å². The predicted molar refractivity (Wildman–Crippen MR) is 85.1 cm³/mol. The van der Waals surface area contributed by atoms with Gasteiger partial charge in [0.1, 0.15) is 0 Å². The Hall–Kier alpha value is -2.03. The molecular weight excluding hydrogens is 258 g/mol. The minimum atomic E-state index is 0.803. The smallest absolute Gasteiger partial charge is 0.0679 e. The molecule has 0 aliphatic heterocycles. The lowest BCUT2D eigenvalue weighted by atomic mass is 9.93. The standard InChI is InChI=1S/C18H21N3/c1-2-5-18(16(4-1)13-21-9-3-8-20-21)19-12-17-11-14-6-7-15(17)10-14/h1-9,14-15,17,19H,10-13H2. The average Bonchev–Trinajstić information content (AvgIpc) is 3.24. The molecule has 1 fully saturated rings. The highest BCUT2D eigenvalue weighted by Crippen LogP contribution is 2.43. The van der Waals surface area contributed by atoms with E-state index < -0.39 is 0 Å². The summed E-state index contributed by atoms with van der Waals surface area (Å²) in [7, 11) is 0. The molecule has 21 heavy (non-hydrogen) atoms. The maximum atomic E-state index is 4.30. The number of nitrogens with zero attached hydrogens (tertiary/aromatic N) is 2. The molecular formula is C18H21N3. The summed E-state index contributed by atoms with van der Waals surface area (Å²) in [6.45, 7) is 1.91. The quantitative estimate of drug-likeness (QED) is 0.848. The van der Waals surface area contributed by atoms with E-state index in [-0.39, 0.29) is 0 Å². The van der Waals surface area contributed by atoms with E-state index in [0.717, 1.165) is 30.8 Å². The molecule has 0 spiro atoms. The van der Waals surface area contributed by atoms with Crippen molar-refractivity contribution in [3.05, 3.63) is 60.4 Å². The van der Waals surface area contributed by atoms with Crippen LogP contribution in [0.1, 0.15) is 18.4 Å². The van der Waals surface area contributed by atoms with Crippen LogP contribution in [0.2, 0.25) is 0 Å². The van der Waals surface area contributed by atoms with Gasteiger partial charge in [0.2, 0.25) is 0 Å². The Morgan fingerprint density at radius 3 is 2.86 bits per heavy atom. The Bertz CT molecular complexity index is 630. The van der Waals surface area contributed by atoms with Gasteiger partial charge >= 0.3 is 0 Å². The number of allylic oxidation sites excluding steroid dienone is 2. The molecule has 108 valence electrons. The molecule has 3 heteroatoms. The molecule has 2 aromatic rings. The van der Waals surface area contributed by atoms with Gasteiger partial charge in [-0.05, 0) is 48.3 Å². The minimum absolute atomic E-state index is 0.803. The SMILES string of the molecule is C1=CC2CC1CC2CNc1ccccc1Cn1cccn1. The Labute approximate surface area is 125 Å². The highest BCUT2D eigenvalue weighted by atomic mass is 15.3. The van der Waals surface area contributed by atoms with E-state index in [2.05, 4.69) is 46.8 Å². The third-order valence-corrected chi connectivity index (χ3v) is 4.88. The Morgan fingerprint density at radius 2 is 2.10 bits per heavy atom. The fourth-order valence-corrected chi connectivity index (χ4v) is 3.77. The number of fused-ring (bicyclic) bond motifs is 2. The van der Waals surface area contributed by atoms with Crippen molar-refractivity contribution in [1.82, 2.24) is 9.78 Å². The van der Waals surface area contributed by atoms with E-state index in [9.17, 15) is 0 Å². The molecule has 1 saturated carbocycles. The number of benzene rings is 1. The largest absolute Gasteiger partial charge is 0.384 e. The third kappa shape index (κ3) is 2.60. The van der Waals surface area contributed by atoms with Crippen molar-refractivity contribution in [1.29, 1.82) is 0 Å². The van der Waals surface area contributed by atoms with E-state index in [1.54, 1.807) is 0 Å². The summed E-state index contributed by atoms with van der Waals surface area (Å²) in [6, 6.07) is 10.5. The van der Waals surface area contributed by atoms with Crippen LogP contribution in [0.25, 0.3) is 0 Å². The van der Waals surface area contributed by atoms with Crippen LogP contribution in [0.15, 0.2) is 54.9 Å². The van der Waals surface area contributed by atoms with Crippen molar-refractivity contribution in [3.63, 3.8) is 0 Å². The number of aromatic nitrogens is 2. The zero-order chi connectivity index (χ0) is 14.1. The molecule has 3 unspecified atom stereocenters. The van der Waals surface area contributed by atoms with Gasteiger partial charge in [-0.15, -0.1) is 0 Å². The van der Waals surface area contributed by atoms with Gasteiger partial charge in [-0.1, -0.05) is 30.4 Å². The summed E-state index contributed by atoms with van der Waals surface area (Å²) in [5.74, 6) is 2.46. The summed E-state index contributed by atoms with van der Waals surface area (Å²) < 4.78 is 1.97. The highest BCUT2D eigenvalue weighted by Gasteiger charge is 2.35. The normalized spacial score (nSPS) is 26.4. The van der Waals surface area contributed by atoms with E-state index >= 15 is 0 Å². The van der Waals surface area contributed by atoms with Crippen molar-refractivity contribution in [3.8, 4) is 0 Å². The second-order valence-corrected chi connectivity index (χ2v) is 6.28. The Kier molecular flexibility index (Phi) is 3.26. The number of nitrogens with one attached hydrogen (secondary N) is 1. The van der Waals surface area contributed by atoms with E-state index in [0.29, 0.717) is 0 Å². The van der Waals surface area contributed by atoms with Crippen molar-refractivity contribution >= 4 is 5.69 Å². The van der Waals surface area contributed by atoms with Crippen molar-refractivity contribution in [2.75, 3.05) is 11.9 Å². The molecule has 2 aliphatic rings. The molecule has 1 aromatic heterocycles. The summed E-state index contributed by atoms with van der Waals surface area (Å²) in [5, 5.41) is 7.98. The lowest BCUT2D eigenvalue weighted by Crippen LogP contribution is -2.19. The lowest BCUT2D eigenvalue weighted by Gasteiger charge is -2.20. The van der Waals surface area contributed by atoms with E-state index in [1.165, 1.54) is 24.1 Å². The van der Waals surface area contributed by atoms with Crippen molar-refractivity contribution in [2.45, 2.75) is 19.4 Å². The fourth-order valence-electron chi connectivity index (χ4n) is 3.77. The molecule has 3 nitrogen and oxygen atoms in total. The fraction of sp³-hybridized carbons (Fsp3) is 0.389. The van der Waals surface area contributed by atoms with Crippen LogP contribution in [0.5, 0.6) is 0 Å². The number of hydrogen-bond donors (Lipinski definition) is 1. The highest BCUT2D eigenvalue weighted by molar-refractivity contribution is 5.51. The minimum Gasteiger partial charge on any atom is -0.384 e.